The molecule has 0 saturated heterocycles. The third kappa shape index (κ3) is 6.30. The van der Waals surface area contributed by atoms with Crippen LogP contribution in [0.2, 0.25) is 0 Å². The zero-order valence-corrected chi connectivity index (χ0v) is 10.2. The molecule has 4 N–H and O–H groups in total. The number of hydrogen-bond acceptors (Lipinski definition) is 3. The lowest BCUT2D eigenvalue weighted by atomic mass is 9.99. The maximum Gasteiger partial charge on any atom is 0.239 e. The van der Waals surface area contributed by atoms with Gasteiger partial charge in [0, 0.05) is 7.05 Å². The summed E-state index contributed by atoms with van der Waals surface area (Å²) >= 11 is 0. The van der Waals surface area contributed by atoms with E-state index >= 15 is 0 Å². The van der Waals surface area contributed by atoms with Crippen molar-refractivity contribution < 1.29 is 9.59 Å². The minimum Gasteiger partial charge on any atom is -0.358 e. The fourth-order valence-electron chi connectivity index (χ4n) is 0.886. The first-order valence-corrected chi connectivity index (χ1v) is 4.76. The van der Waals surface area contributed by atoms with Gasteiger partial charge in [-0.05, 0) is 5.92 Å². The average Bonchev–Trinajstić information content (AvgIpc) is 2.22. The number of hydrogen-bond donors (Lipinski definition) is 3. The first-order chi connectivity index (χ1) is 6.52. The molecule has 90 valence electrons. The van der Waals surface area contributed by atoms with Gasteiger partial charge in [-0.2, -0.15) is 0 Å². The Labute approximate surface area is 96.6 Å². The van der Waals surface area contributed by atoms with Crippen molar-refractivity contribution in [3.05, 3.63) is 0 Å². The lowest BCUT2D eigenvalue weighted by Gasteiger charge is -2.17. The van der Waals surface area contributed by atoms with Gasteiger partial charge in [0.05, 0.1) is 12.6 Å². The first kappa shape index (κ1) is 16.6. The molecule has 0 aliphatic carbocycles. The van der Waals surface area contributed by atoms with E-state index in [-0.39, 0.29) is 36.7 Å². The van der Waals surface area contributed by atoms with Gasteiger partial charge >= 0.3 is 0 Å². The van der Waals surface area contributed by atoms with Crippen LogP contribution in [0.4, 0.5) is 0 Å². The largest absolute Gasteiger partial charge is 0.358 e. The van der Waals surface area contributed by atoms with Gasteiger partial charge in [-0.1, -0.05) is 20.3 Å². The normalized spacial score (nSPS) is 13.3. The number of carbonyl (C=O) groups is 2. The molecule has 0 aromatic rings. The molecule has 5 nitrogen and oxygen atoms in total. The van der Waals surface area contributed by atoms with E-state index in [1.54, 1.807) is 0 Å². The van der Waals surface area contributed by atoms with E-state index in [2.05, 4.69) is 10.6 Å². The summed E-state index contributed by atoms with van der Waals surface area (Å²) in [6, 6.07) is -0.537. The predicted octanol–water partition coefficient (Wildman–Crippen LogP) is -0.356. The van der Waals surface area contributed by atoms with Crippen LogP contribution in [0.25, 0.3) is 0 Å². The first-order valence-electron chi connectivity index (χ1n) is 4.76. The number of amides is 2. The van der Waals surface area contributed by atoms with Crippen molar-refractivity contribution in [1.82, 2.24) is 10.6 Å². The minimum absolute atomic E-state index is 0. The number of nitrogens with two attached hydrogens (primary N) is 1. The third-order valence-corrected chi connectivity index (χ3v) is 2.26. The van der Waals surface area contributed by atoms with Crippen LogP contribution in [-0.4, -0.2) is 31.4 Å². The van der Waals surface area contributed by atoms with E-state index < -0.39 is 6.04 Å². The molecule has 6 heteroatoms. The molecule has 0 spiro atoms. The summed E-state index contributed by atoms with van der Waals surface area (Å²) in [7, 11) is 1.52. The summed E-state index contributed by atoms with van der Waals surface area (Å²) in [6.45, 7) is 3.86. The molecule has 2 amide bonds. The number of halogens is 1. The maximum absolute atomic E-state index is 11.3. The summed E-state index contributed by atoms with van der Waals surface area (Å²) in [5.41, 5.74) is 5.66. The Balaban J connectivity index is 0. The Morgan fingerprint density at radius 3 is 2.33 bits per heavy atom. The van der Waals surface area contributed by atoms with Gasteiger partial charge in [0.15, 0.2) is 0 Å². The second kappa shape index (κ2) is 8.49. The molecule has 0 heterocycles. The maximum atomic E-state index is 11.3. The van der Waals surface area contributed by atoms with Crippen molar-refractivity contribution in [2.24, 2.45) is 11.7 Å². The van der Waals surface area contributed by atoms with Crippen molar-refractivity contribution in [2.45, 2.75) is 26.3 Å². The standard InChI is InChI=1S/C9H19N3O2.ClH/c1-4-6(2)8(10)9(14)12-5-7(13)11-3;/h6,8H,4-5,10H2,1-3H3,(H,11,13)(H,12,14);1H. The van der Waals surface area contributed by atoms with Gasteiger partial charge in [-0.25, -0.2) is 0 Å². The summed E-state index contributed by atoms with van der Waals surface area (Å²) in [6.07, 6.45) is 0.842. The van der Waals surface area contributed by atoms with Crippen LogP contribution in [0.1, 0.15) is 20.3 Å². The second-order valence-electron chi connectivity index (χ2n) is 3.30. The molecule has 0 aromatic heterocycles. The van der Waals surface area contributed by atoms with Gasteiger partial charge in [0.25, 0.3) is 0 Å². The Bertz CT molecular complexity index is 212. The molecule has 0 rings (SSSR count). The molecule has 2 unspecified atom stereocenters. The van der Waals surface area contributed by atoms with E-state index in [1.807, 2.05) is 13.8 Å². The van der Waals surface area contributed by atoms with Crippen molar-refractivity contribution in [3.63, 3.8) is 0 Å². The van der Waals surface area contributed by atoms with Gasteiger partial charge in [0.2, 0.25) is 11.8 Å². The number of nitrogens with one attached hydrogen (secondary N) is 2. The van der Waals surface area contributed by atoms with Crippen LogP contribution in [0.5, 0.6) is 0 Å². The van der Waals surface area contributed by atoms with Crippen LogP contribution >= 0.6 is 12.4 Å². The van der Waals surface area contributed by atoms with E-state index in [4.69, 9.17) is 5.73 Å². The summed E-state index contributed by atoms with van der Waals surface area (Å²) in [5.74, 6) is -0.377. The van der Waals surface area contributed by atoms with Crippen LogP contribution in [0.15, 0.2) is 0 Å². The van der Waals surface area contributed by atoms with Crippen LogP contribution in [-0.2, 0) is 9.59 Å². The zero-order valence-electron chi connectivity index (χ0n) is 9.37. The molecule has 0 saturated carbocycles. The second-order valence-corrected chi connectivity index (χ2v) is 3.30. The van der Waals surface area contributed by atoms with E-state index in [9.17, 15) is 9.59 Å². The molecule has 0 radical (unpaired) electrons. The monoisotopic (exact) mass is 237 g/mol. The Kier molecular flexibility index (Phi) is 9.41. The molecule has 0 bridgehead atoms. The number of carbonyl (C=O) groups excluding carboxylic acids is 2. The topological polar surface area (TPSA) is 84.2 Å². The quantitative estimate of drug-likeness (QED) is 0.611. The van der Waals surface area contributed by atoms with Crippen molar-refractivity contribution in [3.8, 4) is 0 Å². The Morgan fingerprint density at radius 1 is 1.40 bits per heavy atom. The lowest BCUT2D eigenvalue weighted by Crippen LogP contribution is -2.47. The van der Waals surface area contributed by atoms with E-state index in [0.717, 1.165) is 6.42 Å². The fourth-order valence-corrected chi connectivity index (χ4v) is 0.886. The molecule has 0 aliphatic heterocycles. The van der Waals surface area contributed by atoms with Crippen molar-refractivity contribution in [2.75, 3.05) is 13.6 Å². The highest BCUT2D eigenvalue weighted by Gasteiger charge is 2.19. The van der Waals surface area contributed by atoms with Gasteiger partial charge in [-0.3, -0.25) is 9.59 Å². The number of rotatable bonds is 5. The summed E-state index contributed by atoms with van der Waals surface area (Å²) in [5, 5.41) is 4.88. The van der Waals surface area contributed by atoms with Gasteiger partial charge in [-0.15, -0.1) is 12.4 Å². The lowest BCUT2D eigenvalue weighted by molar-refractivity contribution is -0.127. The highest BCUT2D eigenvalue weighted by molar-refractivity contribution is 5.87. The zero-order chi connectivity index (χ0) is 11.1. The summed E-state index contributed by atoms with van der Waals surface area (Å²) in [4.78, 5) is 22.2. The molecule has 2 atom stereocenters. The van der Waals surface area contributed by atoms with E-state index in [0.29, 0.717) is 0 Å². The predicted molar refractivity (Wildman–Crippen MR) is 61.8 cm³/mol. The van der Waals surface area contributed by atoms with E-state index in [1.165, 1.54) is 7.05 Å². The third-order valence-electron chi connectivity index (χ3n) is 2.26. The molecule has 0 fully saturated rings. The van der Waals surface area contributed by atoms with Crippen LogP contribution < -0.4 is 16.4 Å². The molecular formula is C9H20ClN3O2. The highest BCUT2D eigenvalue weighted by atomic mass is 35.5. The molecular weight excluding hydrogens is 218 g/mol. The molecule has 15 heavy (non-hydrogen) atoms. The van der Waals surface area contributed by atoms with Crippen LogP contribution in [0, 0.1) is 5.92 Å². The van der Waals surface area contributed by atoms with Crippen LogP contribution in [0.3, 0.4) is 0 Å². The SMILES string of the molecule is CCC(C)C(N)C(=O)NCC(=O)NC.Cl. The van der Waals surface area contributed by atoms with Gasteiger partial charge in [0.1, 0.15) is 0 Å². The Morgan fingerprint density at radius 2 is 1.93 bits per heavy atom. The highest BCUT2D eigenvalue weighted by Crippen LogP contribution is 2.04. The summed E-state index contributed by atoms with van der Waals surface area (Å²) < 4.78 is 0. The molecule has 0 aromatic carbocycles. The van der Waals surface area contributed by atoms with Crippen molar-refractivity contribution in [1.29, 1.82) is 0 Å². The Hall–Kier alpha value is -0.810. The van der Waals surface area contributed by atoms with Gasteiger partial charge < -0.3 is 16.4 Å². The fraction of sp³-hybridized carbons (Fsp3) is 0.778. The average molecular weight is 238 g/mol. The number of likely N-dealkylation sites (N-methyl/N-ethyl adjacent to an activating group) is 1. The minimum atomic E-state index is -0.537. The van der Waals surface area contributed by atoms with Crippen molar-refractivity contribution >= 4 is 24.2 Å². The molecule has 0 aliphatic rings. The smallest absolute Gasteiger partial charge is 0.239 e.